The van der Waals surface area contributed by atoms with Gasteiger partial charge in [-0.15, -0.1) is 0 Å². The van der Waals surface area contributed by atoms with Crippen LogP contribution < -0.4 is 5.32 Å². The average molecular weight is 266 g/mol. The fraction of sp³-hybridized carbons (Fsp3) is 0.375. The Morgan fingerprint density at radius 3 is 2.90 bits per heavy atom. The van der Waals surface area contributed by atoms with Crippen molar-refractivity contribution in [3.05, 3.63) is 40.6 Å². The summed E-state index contributed by atoms with van der Waals surface area (Å²) < 4.78 is 1.75. The summed E-state index contributed by atoms with van der Waals surface area (Å²) in [6.45, 7) is 1.87. The molecule has 4 nitrogen and oxygen atoms in total. The molecule has 102 valence electrons. The highest BCUT2D eigenvalue weighted by Gasteiger charge is 2.17. The lowest BCUT2D eigenvalue weighted by Crippen LogP contribution is -2.08. The first-order valence-electron chi connectivity index (χ1n) is 7.02. The van der Waals surface area contributed by atoms with Crippen molar-refractivity contribution in [3.8, 4) is 6.07 Å². The lowest BCUT2D eigenvalue weighted by Gasteiger charge is -2.20. The van der Waals surface area contributed by atoms with Gasteiger partial charge in [-0.2, -0.15) is 10.4 Å². The minimum absolute atomic E-state index is 0.626. The normalized spacial score (nSPS) is 13.7. The molecule has 0 spiro atoms. The molecule has 4 heteroatoms. The van der Waals surface area contributed by atoms with Gasteiger partial charge in [0.15, 0.2) is 0 Å². The van der Waals surface area contributed by atoms with Crippen molar-refractivity contribution in [1.82, 2.24) is 9.78 Å². The molecule has 0 saturated carbocycles. The zero-order valence-electron chi connectivity index (χ0n) is 11.9. The van der Waals surface area contributed by atoms with Crippen LogP contribution in [0.25, 0.3) is 0 Å². The highest BCUT2D eigenvalue weighted by molar-refractivity contribution is 5.68. The number of aromatic nitrogens is 2. The maximum atomic E-state index is 9.29. The van der Waals surface area contributed by atoms with E-state index in [0.29, 0.717) is 5.56 Å². The van der Waals surface area contributed by atoms with Gasteiger partial charge in [0.2, 0.25) is 0 Å². The molecular weight excluding hydrogens is 248 g/mol. The molecule has 0 atom stereocenters. The molecule has 1 N–H and O–H groups in total. The van der Waals surface area contributed by atoms with Gasteiger partial charge in [0.1, 0.15) is 17.5 Å². The average Bonchev–Trinajstić information content (AvgIpc) is 2.73. The number of nitriles is 1. The fourth-order valence-electron chi connectivity index (χ4n) is 2.96. The Kier molecular flexibility index (Phi) is 3.19. The predicted octanol–water partition coefficient (Wildman–Crippen LogP) is 3.22. The number of hydrogen-bond acceptors (Lipinski definition) is 3. The number of benzene rings is 1. The van der Waals surface area contributed by atoms with E-state index in [0.717, 1.165) is 30.0 Å². The van der Waals surface area contributed by atoms with Gasteiger partial charge < -0.3 is 5.32 Å². The fourth-order valence-corrected chi connectivity index (χ4v) is 2.96. The summed E-state index contributed by atoms with van der Waals surface area (Å²) in [5.41, 5.74) is 5.32. The van der Waals surface area contributed by atoms with Crippen molar-refractivity contribution in [3.63, 3.8) is 0 Å². The van der Waals surface area contributed by atoms with Crippen LogP contribution in [0.5, 0.6) is 0 Å². The van der Waals surface area contributed by atoms with Gasteiger partial charge >= 0.3 is 0 Å². The third kappa shape index (κ3) is 2.05. The van der Waals surface area contributed by atoms with Gasteiger partial charge in [-0.05, 0) is 49.8 Å². The minimum Gasteiger partial charge on any atom is -0.339 e. The molecular formula is C16H18N4. The molecule has 1 aromatic heterocycles. The molecule has 0 fully saturated rings. The predicted molar refractivity (Wildman–Crippen MR) is 79.0 cm³/mol. The van der Waals surface area contributed by atoms with Crippen molar-refractivity contribution < 1.29 is 0 Å². The number of nitrogens with zero attached hydrogens (tertiary/aromatic N) is 3. The van der Waals surface area contributed by atoms with Crippen molar-refractivity contribution in [2.45, 2.75) is 32.6 Å². The highest BCUT2D eigenvalue weighted by Crippen LogP contribution is 2.31. The van der Waals surface area contributed by atoms with Crippen LogP contribution in [0.2, 0.25) is 0 Å². The van der Waals surface area contributed by atoms with E-state index in [1.54, 1.807) is 4.68 Å². The maximum Gasteiger partial charge on any atom is 0.146 e. The molecule has 3 rings (SSSR count). The summed E-state index contributed by atoms with van der Waals surface area (Å²) in [7, 11) is 1.87. The van der Waals surface area contributed by atoms with E-state index in [9.17, 15) is 5.26 Å². The van der Waals surface area contributed by atoms with Crippen LogP contribution in [-0.4, -0.2) is 9.78 Å². The monoisotopic (exact) mass is 266 g/mol. The minimum atomic E-state index is 0.626. The largest absolute Gasteiger partial charge is 0.339 e. The smallest absolute Gasteiger partial charge is 0.146 e. The zero-order valence-corrected chi connectivity index (χ0v) is 11.9. The van der Waals surface area contributed by atoms with Crippen molar-refractivity contribution in [2.24, 2.45) is 7.05 Å². The van der Waals surface area contributed by atoms with Crippen LogP contribution in [0.3, 0.4) is 0 Å². The molecule has 0 aliphatic heterocycles. The second-order valence-corrected chi connectivity index (χ2v) is 5.32. The third-order valence-electron chi connectivity index (χ3n) is 3.98. The first-order chi connectivity index (χ1) is 9.70. The Morgan fingerprint density at radius 2 is 2.10 bits per heavy atom. The standard InChI is InChI=1S/C16H18N4/c1-11-14(10-17)16(20(2)19-11)18-15-9-5-7-12-6-3-4-8-13(12)15/h5,7,9,18H,3-4,6,8H2,1-2H3. The Bertz CT molecular complexity index is 691. The van der Waals surface area contributed by atoms with Crippen LogP contribution in [-0.2, 0) is 19.9 Å². The van der Waals surface area contributed by atoms with Crippen LogP contribution in [0.15, 0.2) is 18.2 Å². The van der Waals surface area contributed by atoms with Gasteiger partial charge in [0.25, 0.3) is 0 Å². The second-order valence-electron chi connectivity index (χ2n) is 5.32. The molecule has 2 aromatic rings. The summed E-state index contributed by atoms with van der Waals surface area (Å²) in [5.74, 6) is 0.781. The van der Waals surface area contributed by atoms with Crippen molar-refractivity contribution >= 4 is 11.5 Å². The van der Waals surface area contributed by atoms with E-state index < -0.39 is 0 Å². The number of fused-ring (bicyclic) bond motifs is 1. The topological polar surface area (TPSA) is 53.6 Å². The van der Waals surface area contributed by atoms with Gasteiger partial charge in [0, 0.05) is 12.7 Å². The summed E-state index contributed by atoms with van der Waals surface area (Å²) in [6.07, 6.45) is 4.77. The lowest BCUT2D eigenvalue weighted by atomic mass is 9.90. The molecule has 0 radical (unpaired) electrons. The van der Waals surface area contributed by atoms with E-state index in [1.807, 2.05) is 14.0 Å². The van der Waals surface area contributed by atoms with Crippen LogP contribution in [0.1, 0.15) is 35.2 Å². The number of aryl methyl sites for hydroxylation is 3. The molecule has 1 heterocycles. The molecule has 0 amide bonds. The molecule has 0 saturated heterocycles. The number of nitrogens with one attached hydrogen (secondary N) is 1. The highest BCUT2D eigenvalue weighted by atomic mass is 15.3. The first-order valence-corrected chi connectivity index (χ1v) is 7.02. The lowest BCUT2D eigenvalue weighted by molar-refractivity contribution is 0.686. The van der Waals surface area contributed by atoms with E-state index >= 15 is 0 Å². The van der Waals surface area contributed by atoms with E-state index in [4.69, 9.17) is 0 Å². The summed E-state index contributed by atoms with van der Waals surface area (Å²) in [6, 6.07) is 8.62. The number of anilines is 2. The van der Waals surface area contributed by atoms with Gasteiger partial charge in [-0.1, -0.05) is 12.1 Å². The summed E-state index contributed by atoms with van der Waals surface area (Å²) >= 11 is 0. The van der Waals surface area contributed by atoms with E-state index in [1.165, 1.54) is 24.0 Å². The first kappa shape index (κ1) is 12.7. The van der Waals surface area contributed by atoms with Crippen LogP contribution in [0.4, 0.5) is 11.5 Å². The molecule has 1 aliphatic rings. The third-order valence-corrected chi connectivity index (χ3v) is 3.98. The Hall–Kier alpha value is -2.28. The zero-order chi connectivity index (χ0) is 14.1. The number of rotatable bonds is 2. The van der Waals surface area contributed by atoms with Crippen LogP contribution >= 0.6 is 0 Å². The van der Waals surface area contributed by atoms with E-state index in [2.05, 4.69) is 34.7 Å². The van der Waals surface area contributed by atoms with Gasteiger partial charge in [0.05, 0.1) is 5.69 Å². The van der Waals surface area contributed by atoms with Crippen molar-refractivity contribution in [1.29, 1.82) is 5.26 Å². The summed E-state index contributed by atoms with van der Waals surface area (Å²) in [4.78, 5) is 0. The SMILES string of the molecule is Cc1nn(C)c(Nc2cccc3c2CCCC3)c1C#N. The van der Waals surface area contributed by atoms with Crippen LogP contribution in [0, 0.1) is 18.3 Å². The van der Waals surface area contributed by atoms with Crippen molar-refractivity contribution in [2.75, 3.05) is 5.32 Å². The maximum absolute atomic E-state index is 9.29. The Morgan fingerprint density at radius 1 is 1.30 bits per heavy atom. The Labute approximate surface area is 119 Å². The molecule has 1 aliphatic carbocycles. The molecule has 0 unspecified atom stereocenters. The Balaban J connectivity index is 2.03. The summed E-state index contributed by atoms with van der Waals surface area (Å²) in [5, 5.41) is 17.0. The second kappa shape index (κ2) is 5.01. The molecule has 1 aromatic carbocycles. The van der Waals surface area contributed by atoms with Gasteiger partial charge in [-0.25, -0.2) is 0 Å². The van der Waals surface area contributed by atoms with E-state index in [-0.39, 0.29) is 0 Å². The van der Waals surface area contributed by atoms with Gasteiger partial charge in [-0.3, -0.25) is 4.68 Å². The number of hydrogen-bond donors (Lipinski definition) is 1. The molecule has 0 bridgehead atoms. The quantitative estimate of drug-likeness (QED) is 0.908. The molecule has 20 heavy (non-hydrogen) atoms.